The third kappa shape index (κ3) is 1.90. The van der Waals surface area contributed by atoms with Gasteiger partial charge in [0.1, 0.15) is 18.3 Å². The highest BCUT2D eigenvalue weighted by Gasteiger charge is 2.35. The van der Waals surface area contributed by atoms with E-state index in [0.29, 0.717) is 13.2 Å². The number of rotatable bonds is 3. The van der Waals surface area contributed by atoms with Crippen molar-refractivity contribution in [3.8, 4) is 0 Å². The van der Waals surface area contributed by atoms with Crippen molar-refractivity contribution in [3.05, 3.63) is 0 Å². The first-order valence-electron chi connectivity index (χ1n) is 3.61. The lowest BCUT2D eigenvalue weighted by Crippen LogP contribution is -2.34. The zero-order valence-corrected chi connectivity index (χ0v) is 6.82. The second-order valence-electron chi connectivity index (χ2n) is 2.59. The van der Waals surface area contributed by atoms with Crippen LogP contribution >= 0.6 is 0 Å². The fourth-order valence-corrected chi connectivity index (χ4v) is 1.28. The molecule has 1 fully saturated rings. The second-order valence-corrected chi connectivity index (χ2v) is 2.59. The highest BCUT2D eigenvalue weighted by Crippen LogP contribution is 2.16. The van der Waals surface area contributed by atoms with Crippen LogP contribution in [0, 0.1) is 0 Å². The van der Waals surface area contributed by atoms with Crippen LogP contribution in [0.25, 0.3) is 0 Å². The van der Waals surface area contributed by atoms with Gasteiger partial charge in [-0.15, -0.1) is 0 Å². The van der Waals surface area contributed by atoms with E-state index < -0.39 is 6.10 Å². The molecule has 3 atom stereocenters. The van der Waals surface area contributed by atoms with Crippen LogP contribution in [0.4, 0.5) is 0 Å². The summed E-state index contributed by atoms with van der Waals surface area (Å²) >= 11 is 0. The van der Waals surface area contributed by atoms with E-state index in [4.69, 9.17) is 14.2 Å². The topological polar surface area (TPSA) is 47.9 Å². The number of aliphatic hydroxyl groups is 1. The van der Waals surface area contributed by atoms with Gasteiger partial charge in [0.25, 0.3) is 0 Å². The highest BCUT2D eigenvalue weighted by molar-refractivity contribution is 4.84. The van der Waals surface area contributed by atoms with E-state index >= 15 is 0 Å². The Morgan fingerprint density at radius 3 is 2.82 bits per heavy atom. The molecule has 4 heteroatoms. The smallest absolute Gasteiger partial charge is 0.114 e. The maximum absolute atomic E-state index is 9.28. The molecule has 1 aliphatic heterocycles. The van der Waals surface area contributed by atoms with Crippen molar-refractivity contribution < 1.29 is 19.3 Å². The van der Waals surface area contributed by atoms with Gasteiger partial charge in [0.2, 0.25) is 0 Å². The summed E-state index contributed by atoms with van der Waals surface area (Å²) in [6, 6.07) is 0. The minimum atomic E-state index is -0.514. The number of aliphatic hydroxyl groups excluding tert-OH is 1. The molecule has 0 radical (unpaired) electrons. The van der Waals surface area contributed by atoms with Gasteiger partial charge in [-0.25, -0.2) is 0 Å². The summed E-state index contributed by atoms with van der Waals surface area (Å²) in [4.78, 5) is 0. The van der Waals surface area contributed by atoms with Gasteiger partial charge in [-0.05, 0) is 0 Å². The summed E-state index contributed by atoms with van der Waals surface area (Å²) in [5.74, 6) is 0. The molecular formula is C7H14O4. The minimum Gasteiger partial charge on any atom is -0.388 e. The molecule has 11 heavy (non-hydrogen) atoms. The van der Waals surface area contributed by atoms with Crippen molar-refractivity contribution in [2.45, 2.75) is 18.3 Å². The van der Waals surface area contributed by atoms with Crippen molar-refractivity contribution in [2.75, 3.05) is 27.4 Å². The van der Waals surface area contributed by atoms with Crippen molar-refractivity contribution in [1.29, 1.82) is 0 Å². The lowest BCUT2D eigenvalue weighted by atomic mass is 10.1. The number of hydrogen-bond donors (Lipinski definition) is 1. The van der Waals surface area contributed by atoms with Gasteiger partial charge in [0, 0.05) is 14.2 Å². The molecule has 0 aliphatic carbocycles. The Kier molecular flexibility index (Phi) is 3.26. The quantitative estimate of drug-likeness (QED) is 0.602. The second kappa shape index (κ2) is 4.01. The SMILES string of the molecule is COCC1OCC(O)C1OC. The van der Waals surface area contributed by atoms with Crippen molar-refractivity contribution >= 4 is 0 Å². The zero-order chi connectivity index (χ0) is 8.27. The van der Waals surface area contributed by atoms with E-state index in [2.05, 4.69) is 0 Å². The number of ether oxygens (including phenoxy) is 3. The minimum absolute atomic E-state index is 0.125. The lowest BCUT2D eigenvalue weighted by molar-refractivity contribution is -0.0391. The van der Waals surface area contributed by atoms with E-state index in [1.54, 1.807) is 14.2 Å². The average Bonchev–Trinajstić information content (AvgIpc) is 2.33. The van der Waals surface area contributed by atoms with Gasteiger partial charge >= 0.3 is 0 Å². The third-order valence-electron chi connectivity index (χ3n) is 1.83. The van der Waals surface area contributed by atoms with Crippen LogP contribution in [-0.2, 0) is 14.2 Å². The van der Waals surface area contributed by atoms with Crippen molar-refractivity contribution in [3.63, 3.8) is 0 Å². The number of hydrogen-bond acceptors (Lipinski definition) is 4. The van der Waals surface area contributed by atoms with E-state index in [1.807, 2.05) is 0 Å². The molecule has 0 spiro atoms. The van der Waals surface area contributed by atoms with Crippen LogP contribution in [-0.4, -0.2) is 50.9 Å². The summed E-state index contributed by atoms with van der Waals surface area (Å²) in [7, 11) is 3.16. The molecule has 1 N–H and O–H groups in total. The Labute approximate surface area is 66.1 Å². The molecule has 0 aromatic rings. The van der Waals surface area contributed by atoms with Gasteiger partial charge in [0.15, 0.2) is 0 Å². The van der Waals surface area contributed by atoms with Crippen LogP contribution in [0.5, 0.6) is 0 Å². The van der Waals surface area contributed by atoms with E-state index in [-0.39, 0.29) is 12.2 Å². The predicted molar refractivity (Wildman–Crippen MR) is 38.4 cm³/mol. The van der Waals surface area contributed by atoms with E-state index in [1.165, 1.54) is 0 Å². The molecule has 0 aromatic heterocycles. The van der Waals surface area contributed by atoms with E-state index in [9.17, 15) is 5.11 Å². The van der Waals surface area contributed by atoms with Gasteiger partial charge in [-0.2, -0.15) is 0 Å². The van der Waals surface area contributed by atoms with E-state index in [0.717, 1.165) is 0 Å². The maximum Gasteiger partial charge on any atom is 0.114 e. The molecule has 4 nitrogen and oxygen atoms in total. The first-order valence-corrected chi connectivity index (χ1v) is 3.61. The molecule has 0 bridgehead atoms. The normalized spacial score (nSPS) is 37.9. The Balaban J connectivity index is 2.40. The molecule has 1 aliphatic rings. The standard InChI is InChI=1S/C7H14O4/c1-9-4-6-7(10-2)5(8)3-11-6/h5-8H,3-4H2,1-2H3. The molecule has 1 rings (SSSR count). The number of methoxy groups -OCH3 is 2. The Morgan fingerprint density at radius 2 is 2.27 bits per heavy atom. The molecular weight excluding hydrogens is 148 g/mol. The fourth-order valence-electron chi connectivity index (χ4n) is 1.28. The Bertz CT molecular complexity index is 115. The van der Waals surface area contributed by atoms with Gasteiger partial charge in [-0.1, -0.05) is 0 Å². The summed E-state index contributed by atoms with van der Waals surface area (Å²) < 4.78 is 15.1. The molecule has 1 heterocycles. The summed E-state index contributed by atoms with van der Waals surface area (Å²) in [5, 5.41) is 9.28. The van der Waals surface area contributed by atoms with Gasteiger partial charge < -0.3 is 19.3 Å². The van der Waals surface area contributed by atoms with Crippen LogP contribution in [0.15, 0.2) is 0 Å². The molecule has 0 amide bonds. The summed E-state index contributed by atoms with van der Waals surface area (Å²) in [6.07, 6.45) is -0.880. The molecule has 3 unspecified atom stereocenters. The molecule has 1 saturated heterocycles. The van der Waals surface area contributed by atoms with Crippen LogP contribution < -0.4 is 0 Å². The third-order valence-corrected chi connectivity index (χ3v) is 1.83. The van der Waals surface area contributed by atoms with Crippen molar-refractivity contribution in [1.82, 2.24) is 0 Å². The molecule has 0 aromatic carbocycles. The van der Waals surface area contributed by atoms with Crippen molar-refractivity contribution in [2.24, 2.45) is 0 Å². The summed E-state index contributed by atoms with van der Waals surface area (Å²) in [6.45, 7) is 0.808. The zero-order valence-electron chi connectivity index (χ0n) is 6.82. The first kappa shape index (κ1) is 8.93. The van der Waals surface area contributed by atoms with Gasteiger partial charge in [0.05, 0.1) is 13.2 Å². The molecule has 0 saturated carbocycles. The Morgan fingerprint density at radius 1 is 1.55 bits per heavy atom. The lowest BCUT2D eigenvalue weighted by Gasteiger charge is -2.17. The monoisotopic (exact) mass is 162 g/mol. The van der Waals surface area contributed by atoms with Crippen LogP contribution in [0.3, 0.4) is 0 Å². The highest BCUT2D eigenvalue weighted by atomic mass is 16.6. The van der Waals surface area contributed by atoms with Crippen LogP contribution in [0.1, 0.15) is 0 Å². The fraction of sp³-hybridized carbons (Fsp3) is 1.00. The molecule has 66 valence electrons. The average molecular weight is 162 g/mol. The Hall–Kier alpha value is -0.160. The van der Waals surface area contributed by atoms with Crippen LogP contribution in [0.2, 0.25) is 0 Å². The maximum atomic E-state index is 9.28. The van der Waals surface area contributed by atoms with Gasteiger partial charge in [-0.3, -0.25) is 0 Å². The largest absolute Gasteiger partial charge is 0.388 e. The predicted octanol–water partition coefficient (Wildman–Crippen LogP) is -0.593. The summed E-state index contributed by atoms with van der Waals surface area (Å²) in [5.41, 5.74) is 0. The first-order chi connectivity index (χ1) is 5.29.